The molecular formula is C21H23N3O4. The minimum Gasteiger partial charge on any atom is -0.452 e. The van der Waals surface area contributed by atoms with Crippen molar-refractivity contribution in [1.29, 1.82) is 0 Å². The van der Waals surface area contributed by atoms with Gasteiger partial charge in [0.25, 0.3) is 5.91 Å². The highest BCUT2D eigenvalue weighted by Gasteiger charge is 2.17. The lowest BCUT2D eigenvalue weighted by Gasteiger charge is -2.22. The molecule has 3 amide bonds. The number of ether oxygens (including phenoxy) is 1. The van der Waals surface area contributed by atoms with E-state index in [1.807, 2.05) is 30.3 Å². The molecule has 1 aromatic carbocycles. The Morgan fingerprint density at radius 3 is 2.71 bits per heavy atom. The highest BCUT2D eigenvalue weighted by Crippen LogP contribution is 2.18. The molecule has 146 valence electrons. The van der Waals surface area contributed by atoms with E-state index < -0.39 is 24.5 Å². The summed E-state index contributed by atoms with van der Waals surface area (Å²) in [5.41, 5.74) is 1.54. The summed E-state index contributed by atoms with van der Waals surface area (Å²) >= 11 is 0. The maximum absolute atomic E-state index is 11.8. The van der Waals surface area contributed by atoms with Gasteiger partial charge in [0.15, 0.2) is 6.61 Å². The number of urea groups is 1. The number of hydrogen-bond acceptors (Lipinski definition) is 5. The first-order chi connectivity index (χ1) is 13.6. The van der Waals surface area contributed by atoms with Crippen molar-refractivity contribution in [2.45, 2.75) is 38.1 Å². The Balaban J connectivity index is 1.45. The highest BCUT2D eigenvalue weighted by atomic mass is 16.5. The number of carbonyl (C=O) groups is 3. The first-order valence-electron chi connectivity index (χ1n) is 9.41. The number of rotatable bonds is 5. The minimum absolute atomic E-state index is 0.0985. The van der Waals surface area contributed by atoms with Crippen LogP contribution in [0.25, 0.3) is 17.0 Å². The SMILES string of the molecule is O=C(COC(=O)/C=C/c1cccc2cccnc12)NC(=O)NC1CCCCC1. The van der Waals surface area contributed by atoms with Crippen LogP contribution in [-0.2, 0) is 14.3 Å². The average molecular weight is 381 g/mol. The summed E-state index contributed by atoms with van der Waals surface area (Å²) in [6.45, 7) is -0.519. The molecule has 28 heavy (non-hydrogen) atoms. The monoisotopic (exact) mass is 381 g/mol. The fourth-order valence-corrected chi connectivity index (χ4v) is 3.24. The van der Waals surface area contributed by atoms with Crippen molar-refractivity contribution in [1.82, 2.24) is 15.6 Å². The zero-order chi connectivity index (χ0) is 19.8. The maximum atomic E-state index is 11.8. The number of para-hydroxylation sites is 1. The van der Waals surface area contributed by atoms with Crippen LogP contribution in [0.1, 0.15) is 37.7 Å². The smallest absolute Gasteiger partial charge is 0.331 e. The van der Waals surface area contributed by atoms with E-state index in [2.05, 4.69) is 15.6 Å². The molecule has 0 spiro atoms. The Morgan fingerprint density at radius 2 is 1.89 bits per heavy atom. The lowest BCUT2D eigenvalue weighted by molar-refractivity contribution is -0.143. The number of fused-ring (bicyclic) bond motifs is 1. The summed E-state index contributed by atoms with van der Waals surface area (Å²) in [4.78, 5) is 39.7. The Hall–Kier alpha value is -3.22. The van der Waals surface area contributed by atoms with E-state index in [9.17, 15) is 14.4 Å². The predicted molar refractivity (Wildman–Crippen MR) is 105 cm³/mol. The van der Waals surface area contributed by atoms with Crippen molar-refractivity contribution < 1.29 is 19.1 Å². The number of pyridine rings is 1. The summed E-state index contributed by atoms with van der Waals surface area (Å²) < 4.78 is 4.89. The molecule has 2 N–H and O–H groups in total. The second-order valence-corrected chi connectivity index (χ2v) is 6.72. The molecule has 1 aliphatic carbocycles. The van der Waals surface area contributed by atoms with Crippen LogP contribution < -0.4 is 10.6 Å². The van der Waals surface area contributed by atoms with Crippen LogP contribution in [0.5, 0.6) is 0 Å². The molecular weight excluding hydrogens is 358 g/mol. The second-order valence-electron chi connectivity index (χ2n) is 6.72. The van der Waals surface area contributed by atoms with E-state index in [4.69, 9.17) is 4.74 Å². The van der Waals surface area contributed by atoms with Crippen molar-refractivity contribution in [2.24, 2.45) is 0 Å². The number of hydrogen-bond donors (Lipinski definition) is 2. The molecule has 1 saturated carbocycles. The van der Waals surface area contributed by atoms with Gasteiger partial charge in [0.2, 0.25) is 0 Å². The van der Waals surface area contributed by atoms with Gasteiger partial charge in [0.1, 0.15) is 0 Å². The number of nitrogens with one attached hydrogen (secondary N) is 2. The van der Waals surface area contributed by atoms with E-state index in [-0.39, 0.29) is 6.04 Å². The van der Waals surface area contributed by atoms with E-state index >= 15 is 0 Å². The second kappa shape index (κ2) is 9.64. The molecule has 3 rings (SSSR count). The Kier molecular flexibility index (Phi) is 6.73. The molecule has 0 bridgehead atoms. The van der Waals surface area contributed by atoms with Crippen LogP contribution in [-0.4, -0.2) is 35.5 Å². The maximum Gasteiger partial charge on any atom is 0.331 e. The lowest BCUT2D eigenvalue weighted by Crippen LogP contribution is -2.46. The summed E-state index contributed by atoms with van der Waals surface area (Å²) in [5, 5.41) is 5.91. The third-order valence-electron chi connectivity index (χ3n) is 4.60. The summed E-state index contributed by atoms with van der Waals surface area (Å²) in [6.07, 6.45) is 9.68. The van der Waals surface area contributed by atoms with Crippen LogP contribution in [0, 0.1) is 0 Å². The van der Waals surface area contributed by atoms with E-state index in [0.717, 1.165) is 42.1 Å². The van der Waals surface area contributed by atoms with Gasteiger partial charge in [-0.05, 0) is 25.0 Å². The number of imide groups is 1. The first kappa shape index (κ1) is 19.5. The van der Waals surface area contributed by atoms with Gasteiger partial charge in [0, 0.05) is 29.3 Å². The van der Waals surface area contributed by atoms with Crippen LogP contribution >= 0.6 is 0 Å². The van der Waals surface area contributed by atoms with Crippen molar-refractivity contribution in [3.05, 3.63) is 48.2 Å². The summed E-state index contributed by atoms with van der Waals surface area (Å²) in [5.74, 6) is -1.34. The molecule has 0 unspecified atom stereocenters. The topological polar surface area (TPSA) is 97.4 Å². The third-order valence-corrected chi connectivity index (χ3v) is 4.60. The van der Waals surface area contributed by atoms with Gasteiger partial charge in [-0.3, -0.25) is 15.1 Å². The minimum atomic E-state index is -0.671. The molecule has 0 atom stereocenters. The molecule has 7 heteroatoms. The molecule has 0 aliphatic heterocycles. The van der Waals surface area contributed by atoms with Gasteiger partial charge in [-0.15, -0.1) is 0 Å². The van der Waals surface area contributed by atoms with Gasteiger partial charge in [-0.2, -0.15) is 0 Å². The van der Waals surface area contributed by atoms with E-state index in [1.54, 1.807) is 12.3 Å². The molecule has 1 heterocycles. The van der Waals surface area contributed by atoms with Gasteiger partial charge in [0.05, 0.1) is 5.52 Å². The number of amides is 3. The molecule has 7 nitrogen and oxygen atoms in total. The lowest BCUT2D eigenvalue weighted by atomic mass is 9.96. The zero-order valence-corrected chi connectivity index (χ0v) is 15.5. The molecule has 1 aromatic heterocycles. The number of benzene rings is 1. The molecule has 0 radical (unpaired) electrons. The third kappa shape index (κ3) is 5.64. The van der Waals surface area contributed by atoms with Crippen molar-refractivity contribution >= 4 is 34.9 Å². The largest absolute Gasteiger partial charge is 0.452 e. The Bertz CT molecular complexity index is 883. The average Bonchev–Trinajstić information content (AvgIpc) is 2.71. The van der Waals surface area contributed by atoms with Gasteiger partial charge >= 0.3 is 12.0 Å². The standard InChI is InChI=1S/C21H23N3O4/c25-18(24-21(27)23-17-9-2-1-3-10-17)14-28-19(26)12-11-16-7-4-6-15-8-5-13-22-20(15)16/h4-8,11-13,17H,1-3,9-10,14H2,(H2,23,24,25,27)/b12-11+. The number of esters is 1. The Labute approximate surface area is 163 Å². The molecule has 2 aromatic rings. The quantitative estimate of drug-likeness (QED) is 0.613. The zero-order valence-electron chi connectivity index (χ0n) is 15.5. The number of nitrogens with zero attached hydrogens (tertiary/aromatic N) is 1. The first-order valence-corrected chi connectivity index (χ1v) is 9.41. The molecule has 1 fully saturated rings. The summed E-state index contributed by atoms with van der Waals surface area (Å²) in [7, 11) is 0. The van der Waals surface area contributed by atoms with E-state index in [1.165, 1.54) is 12.5 Å². The van der Waals surface area contributed by atoms with Crippen LogP contribution in [0.3, 0.4) is 0 Å². The normalized spacial score (nSPS) is 14.7. The van der Waals surface area contributed by atoms with Crippen LogP contribution in [0.4, 0.5) is 4.79 Å². The van der Waals surface area contributed by atoms with Crippen molar-refractivity contribution in [2.75, 3.05) is 6.61 Å². The fraction of sp³-hybridized carbons (Fsp3) is 0.333. The van der Waals surface area contributed by atoms with Crippen molar-refractivity contribution in [3.63, 3.8) is 0 Å². The fourth-order valence-electron chi connectivity index (χ4n) is 3.24. The van der Waals surface area contributed by atoms with Crippen LogP contribution in [0.2, 0.25) is 0 Å². The predicted octanol–water partition coefficient (Wildman–Crippen LogP) is 2.95. The summed E-state index contributed by atoms with van der Waals surface area (Å²) in [6, 6.07) is 8.95. The number of carbonyl (C=O) groups excluding carboxylic acids is 3. The van der Waals surface area contributed by atoms with Gasteiger partial charge in [-0.25, -0.2) is 9.59 Å². The molecule has 0 saturated heterocycles. The highest BCUT2D eigenvalue weighted by molar-refractivity contribution is 5.97. The van der Waals surface area contributed by atoms with Gasteiger partial charge < -0.3 is 10.1 Å². The van der Waals surface area contributed by atoms with Gasteiger partial charge in [-0.1, -0.05) is 43.5 Å². The molecule has 1 aliphatic rings. The Morgan fingerprint density at radius 1 is 1.11 bits per heavy atom. The van der Waals surface area contributed by atoms with Crippen LogP contribution in [0.15, 0.2) is 42.6 Å². The van der Waals surface area contributed by atoms with E-state index in [0.29, 0.717) is 0 Å². The van der Waals surface area contributed by atoms with Crippen molar-refractivity contribution in [3.8, 4) is 0 Å². The number of aromatic nitrogens is 1.